The van der Waals surface area contributed by atoms with Crippen LogP contribution in [0.3, 0.4) is 0 Å². The Morgan fingerprint density at radius 3 is 1.15 bits per heavy atom. The molecule has 0 spiro atoms. The summed E-state index contributed by atoms with van der Waals surface area (Å²) in [6, 6.07) is 0. The van der Waals surface area contributed by atoms with Gasteiger partial charge in [-0.15, -0.1) is 0 Å². The van der Waals surface area contributed by atoms with Crippen LogP contribution in [0.15, 0.2) is 0 Å². The predicted octanol–water partition coefficient (Wildman–Crippen LogP) is 5.73. The zero-order valence-corrected chi connectivity index (χ0v) is 20.2. The minimum atomic E-state index is 0.470. The highest BCUT2D eigenvalue weighted by molar-refractivity contribution is 4.85. The van der Waals surface area contributed by atoms with Crippen LogP contribution in [0.2, 0.25) is 0 Å². The molecule has 0 aromatic carbocycles. The van der Waals surface area contributed by atoms with E-state index in [1.165, 1.54) is 25.9 Å². The van der Waals surface area contributed by atoms with E-state index in [9.17, 15) is 0 Å². The molecule has 3 nitrogen and oxygen atoms in total. The van der Waals surface area contributed by atoms with Crippen molar-refractivity contribution in [2.24, 2.45) is 34.0 Å². The highest BCUT2D eigenvalue weighted by Gasteiger charge is 2.33. The van der Waals surface area contributed by atoms with Crippen molar-refractivity contribution in [3.63, 3.8) is 0 Å². The van der Waals surface area contributed by atoms with Crippen LogP contribution in [0.4, 0.5) is 0 Å². The van der Waals surface area contributed by atoms with Crippen molar-refractivity contribution in [1.29, 1.82) is 0 Å². The van der Waals surface area contributed by atoms with E-state index in [4.69, 9.17) is 9.47 Å². The molecule has 0 aromatic rings. The second kappa shape index (κ2) is 10.1. The molecule has 0 atom stereocenters. The fourth-order valence-corrected chi connectivity index (χ4v) is 3.55. The predicted molar refractivity (Wildman–Crippen MR) is 117 cm³/mol. The van der Waals surface area contributed by atoms with Gasteiger partial charge in [0.1, 0.15) is 0 Å². The van der Waals surface area contributed by atoms with Gasteiger partial charge in [-0.1, -0.05) is 62.3 Å². The average molecular weight is 384 g/mol. The maximum absolute atomic E-state index is 5.29. The minimum Gasteiger partial charge on any atom is -0.381 e. The molecule has 3 fully saturated rings. The zero-order chi connectivity index (χ0) is 20.9. The Morgan fingerprint density at radius 1 is 0.593 bits per heavy atom. The van der Waals surface area contributed by atoms with E-state index in [1.54, 1.807) is 0 Å². The smallest absolute Gasteiger partial charge is 0.0521 e. The number of ether oxygens (including phenoxy) is 2. The Bertz CT molecular complexity index is 398. The first kappa shape index (κ1) is 24.9. The lowest BCUT2D eigenvalue weighted by Crippen LogP contribution is -2.49. The Labute approximate surface area is 170 Å². The summed E-state index contributed by atoms with van der Waals surface area (Å²) in [5.74, 6) is 2.62. The number of rotatable bonds is 0. The topological polar surface area (TPSA) is 21.7 Å². The molecule has 27 heavy (non-hydrogen) atoms. The number of hydrogen-bond donors (Lipinski definition) is 0. The Balaban J connectivity index is 0.000000204. The van der Waals surface area contributed by atoms with Crippen LogP contribution in [-0.4, -0.2) is 51.5 Å². The standard InChI is InChI=1S/C9H18O.C8H17N.C7H14O/c1-9(2,3)8-4-6-10-7-5-8;1-8(2,3)7-5-9(4)6-7;1-7(2,3)6-4-8-5-6/h8H,4-7H2,1-3H3;7H,5-6H2,1-4H3;6H,4-5H2,1-3H3. The van der Waals surface area contributed by atoms with Crippen molar-refractivity contribution in [2.75, 3.05) is 46.6 Å². The zero-order valence-electron chi connectivity index (χ0n) is 20.2. The van der Waals surface area contributed by atoms with Gasteiger partial charge in [0.05, 0.1) is 13.2 Å². The van der Waals surface area contributed by atoms with Crippen molar-refractivity contribution >= 4 is 0 Å². The molecule has 0 unspecified atom stereocenters. The average Bonchev–Trinajstić information content (AvgIpc) is 2.41. The molecule has 162 valence electrons. The lowest BCUT2D eigenvalue weighted by molar-refractivity contribution is -0.0821. The van der Waals surface area contributed by atoms with Crippen LogP contribution in [0.25, 0.3) is 0 Å². The fraction of sp³-hybridized carbons (Fsp3) is 1.00. The second-order valence-electron chi connectivity index (χ2n) is 12.1. The van der Waals surface area contributed by atoms with Crippen LogP contribution >= 0.6 is 0 Å². The van der Waals surface area contributed by atoms with Crippen molar-refractivity contribution in [2.45, 2.75) is 75.2 Å². The minimum absolute atomic E-state index is 0.470. The monoisotopic (exact) mass is 383 g/mol. The third-order valence-corrected chi connectivity index (χ3v) is 6.60. The first-order chi connectivity index (χ1) is 12.2. The van der Waals surface area contributed by atoms with Crippen molar-refractivity contribution in [3.05, 3.63) is 0 Å². The highest BCUT2D eigenvalue weighted by atomic mass is 16.5. The summed E-state index contributed by atoms with van der Waals surface area (Å²) < 4.78 is 10.4. The largest absolute Gasteiger partial charge is 0.381 e. The molecule has 3 heterocycles. The quantitative estimate of drug-likeness (QED) is 0.533. The van der Waals surface area contributed by atoms with Crippen molar-refractivity contribution in [1.82, 2.24) is 4.90 Å². The molecule has 3 saturated heterocycles. The first-order valence-corrected chi connectivity index (χ1v) is 11.0. The maximum atomic E-state index is 5.29. The summed E-state index contributed by atoms with van der Waals surface area (Å²) >= 11 is 0. The van der Waals surface area contributed by atoms with Crippen molar-refractivity contribution < 1.29 is 9.47 Å². The molecular weight excluding hydrogens is 334 g/mol. The molecule has 3 aliphatic heterocycles. The molecule has 0 aliphatic carbocycles. The van der Waals surface area contributed by atoms with Crippen LogP contribution in [0.1, 0.15) is 75.2 Å². The molecule has 3 heteroatoms. The third kappa shape index (κ3) is 9.28. The Kier molecular flexibility index (Phi) is 9.30. The molecule has 0 amide bonds. The van der Waals surface area contributed by atoms with Gasteiger partial charge in [0.25, 0.3) is 0 Å². The SMILES string of the molecule is CC(C)(C)C1CCOCC1.CC(C)(C)C1COC1.CN1CC(C(C)(C)C)C1. The Morgan fingerprint density at radius 2 is 1.00 bits per heavy atom. The van der Waals surface area contributed by atoms with E-state index < -0.39 is 0 Å². The van der Waals surface area contributed by atoms with E-state index in [0.717, 1.165) is 44.2 Å². The summed E-state index contributed by atoms with van der Waals surface area (Å²) in [5.41, 5.74) is 1.49. The molecular formula is C24H49NO2. The second-order valence-corrected chi connectivity index (χ2v) is 12.1. The lowest BCUT2D eigenvalue weighted by atomic mass is 9.76. The first-order valence-electron chi connectivity index (χ1n) is 11.0. The molecule has 0 bridgehead atoms. The van der Waals surface area contributed by atoms with E-state index in [2.05, 4.69) is 74.3 Å². The molecule has 0 aromatic heterocycles. The van der Waals surface area contributed by atoms with Gasteiger partial charge in [0, 0.05) is 32.2 Å². The van der Waals surface area contributed by atoms with E-state index in [1.807, 2.05) is 0 Å². The van der Waals surface area contributed by atoms with Gasteiger partial charge in [0.2, 0.25) is 0 Å². The van der Waals surface area contributed by atoms with E-state index >= 15 is 0 Å². The third-order valence-electron chi connectivity index (χ3n) is 6.60. The number of hydrogen-bond acceptors (Lipinski definition) is 3. The van der Waals surface area contributed by atoms with Crippen LogP contribution in [0.5, 0.6) is 0 Å². The summed E-state index contributed by atoms with van der Waals surface area (Å²) in [4.78, 5) is 2.37. The van der Waals surface area contributed by atoms with Gasteiger partial charge in [-0.2, -0.15) is 0 Å². The van der Waals surface area contributed by atoms with Gasteiger partial charge in [-0.25, -0.2) is 0 Å². The van der Waals surface area contributed by atoms with Crippen LogP contribution < -0.4 is 0 Å². The number of nitrogens with zero attached hydrogens (tertiary/aromatic N) is 1. The maximum Gasteiger partial charge on any atom is 0.0521 e. The summed E-state index contributed by atoms with van der Waals surface area (Å²) in [6.07, 6.45) is 2.51. The molecule has 0 N–H and O–H groups in total. The van der Waals surface area contributed by atoms with Gasteiger partial charge < -0.3 is 14.4 Å². The van der Waals surface area contributed by atoms with E-state index in [-0.39, 0.29) is 0 Å². The van der Waals surface area contributed by atoms with Gasteiger partial charge >= 0.3 is 0 Å². The Hall–Kier alpha value is -0.120. The lowest BCUT2D eigenvalue weighted by Gasteiger charge is -2.44. The van der Waals surface area contributed by atoms with Gasteiger partial charge in [-0.05, 0) is 48.0 Å². The summed E-state index contributed by atoms with van der Waals surface area (Å²) in [6.45, 7) is 27.2. The summed E-state index contributed by atoms with van der Waals surface area (Å²) in [5, 5.41) is 0. The van der Waals surface area contributed by atoms with Gasteiger partial charge in [0.15, 0.2) is 0 Å². The number of likely N-dealkylation sites (tertiary alicyclic amines) is 1. The van der Waals surface area contributed by atoms with E-state index in [0.29, 0.717) is 16.2 Å². The summed E-state index contributed by atoms with van der Waals surface area (Å²) in [7, 11) is 2.18. The molecule has 0 radical (unpaired) electrons. The van der Waals surface area contributed by atoms with Crippen molar-refractivity contribution in [3.8, 4) is 0 Å². The van der Waals surface area contributed by atoms with Crippen LogP contribution in [0, 0.1) is 34.0 Å². The highest BCUT2D eigenvalue weighted by Crippen LogP contribution is 2.33. The van der Waals surface area contributed by atoms with Gasteiger partial charge in [-0.3, -0.25) is 0 Å². The molecule has 3 aliphatic rings. The normalized spacial score (nSPS) is 23.3. The van der Waals surface area contributed by atoms with Crippen LogP contribution in [-0.2, 0) is 9.47 Å². The molecule has 0 saturated carbocycles. The fourth-order valence-electron chi connectivity index (χ4n) is 3.55. The molecule has 3 rings (SSSR count).